The Morgan fingerprint density at radius 2 is 1.93 bits per heavy atom. The van der Waals surface area contributed by atoms with Crippen LogP contribution in [-0.4, -0.2) is 57.0 Å². The maximum atomic E-state index is 12.1. The Morgan fingerprint density at radius 1 is 1.26 bits per heavy atom. The fourth-order valence-electron chi connectivity index (χ4n) is 2.75. The topological polar surface area (TPSA) is 119 Å². The number of sulfonamides is 1. The Kier molecular flexibility index (Phi) is 7.21. The summed E-state index contributed by atoms with van der Waals surface area (Å²) in [5.74, 6) is 4.99. The van der Waals surface area contributed by atoms with Gasteiger partial charge in [-0.3, -0.25) is 9.59 Å². The van der Waals surface area contributed by atoms with Crippen LogP contribution in [0, 0.1) is 17.8 Å². The van der Waals surface area contributed by atoms with E-state index < -0.39 is 15.9 Å². The molecule has 1 saturated heterocycles. The van der Waals surface area contributed by atoms with Crippen LogP contribution in [0.4, 0.5) is 0 Å². The van der Waals surface area contributed by atoms with E-state index in [1.54, 1.807) is 24.3 Å². The highest BCUT2D eigenvalue weighted by atomic mass is 32.2. The van der Waals surface area contributed by atoms with Gasteiger partial charge < -0.3 is 15.8 Å². The minimum absolute atomic E-state index is 0.0624. The highest BCUT2D eigenvalue weighted by Crippen LogP contribution is 2.19. The molecule has 2 rings (SSSR count). The summed E-state index contributed by atoms with van der Waals surface area (Å²) >= 11 is 0. The van der Waals surface area contributed by atoms with Crippen molar-refractivity contribution in [3.05, 3.63) is 29.8 Å². The number of carbonyl (C=O) groups is 2. The minimum atomic E-state index is -3.20. The summed E-state index contributed by atoms with van der Waals surface area (Å²) < 4.78 is 29.7. The van der Waals surface area contributed by atoms with Gasteiger partial charge in [-0.2, -0.15) is 0 Å². The van der Waals surface area contributed by atoms with Gasteiger partial charge in [0.25, 0.3) is 5.91 Å². The number of amides is 2. The van der Waals surface area contributed by atoms with Crippen LogP contribution in [0.3, 0.4) is 0 Å². The largest absolute Gasteiger partial charge is 0.480 e. The average molecular weight is 393 g/mol. The van der Waals surface area contributed by atoms with E-state index in [0.29, 0.717) is 31.7 Å². The molecule has 1 aliphatic heterocycles. The molecule has 0 unspecified atom stereocenters. The van der Waals surface area contributed by atoms with E-state index in [4.69, 9.17) is 10.5 Å². The van der Waals surface area contributed by atoms with Crippen molar-refractivity contribution < 1.29 is 22.7 Å². The number of nitrogens with one attached hydrogen (secondary N) is 1. The maximum absolute atomic E-state index is 12.1. The number of primary amides is 1. The van der Waals surface area contributed by atoms with Crippen molar-refractivity contribution in [3.8, 4) is 17.6 Å². The molecule has 1 aliphatic rings. The number of ether oxygens (including phenoxy) is 1. The number of nitrogens with zero attached hydrogens (tertiary/aromatic N) is 1. The summed E-state index contributed by atoms with van der Waals surface area (Å²) in [7, 11) is -3.20. The molecule has 0 saturated carbocycles. The van der Waals surface area contributed by atoms with Gasteiger partial charge in [0, 0.05) is 19.0 Å². The minimum Gasteiger partial charge on any atom is -0.480 e. The van der Waals surface area contributed by atoms with Gasteiger partial charge in [-0.05, 0) is 25.0 Å². The van der Waals surface area contributed by atoms with E-state index in [0.717, 1.165) is 0 Å². The lowest BCUT2D eigenvalue weighted by atomic mass is 9.97. The Hall–Kier alpha value is -2.57. The van der Waals surface area contributed by atoms with Crippen LogP contribution in [0.2, 0.25) is 0 Å². The molecule has 0 atom stereocenters. The molecule has 1 fully saturated rings. The first-order valence-corrected chi connectivity index (χ1v) is 10.3. The first-order valence-electron chi connectivity index (χ1n) is 8.49. The molecular formula is C18H23N3O5S. The molecule has 1 heterocycles. The second-order valence-corrected chi connectivity index (χ2v) is 8.14. The Bertz CT molecular complexity index is 849. The number of piperidine rings is 1. The number of para-hydroxylation sites is 1. The molecule has 9 heteroatoms. The predicted octanol–water partition coefficient (Wildman–Crippen LogP) is -0.0445. The van der Waals surface area contributed by atoms with Crippen molar-refractivity contribution in [3.63, 3.8) is 0 Å². The van der Waals surface area contributed by atoms with E-state index >= 15 is 0 Å². The fourth-order valence-corrected chi connectivity index (χ4v) is 3.62. The molecule has 27 heavy (non-hydrogen) atoms. The third kappa shape index (κ3) is 6.27. The van der Waals surface area contributed by atoms with Crippen molar-refractivity contribution in [2.75, 3.05) is 32.5 Å². The number of hydrogen-bond donors (Lipinski definition) is 2. The summed E-state index contributed by atoms with van der Waals surface area (Å²) in [5, 5.41) is 2.72. The molecule has 2 amide bonds. The second kappa shape index (κ2) is 9.39. The molecule has 146 valence electrons. The molecule has 0 aromatic heterocycles. The van der Waals surface area contributed by atoms with Gasteiger partial charge >= 0.3 is 0 Å². The quantitative estimate of drug-likeness (QED) is 0.657. The zero-order valence-electron chi connectivity index (χ0n) is 15.1. The van der Waals surface area contributed by atoms with Crippen molar-refractivity contribution >= 4 is 21.8 Å². The van der Waals surface area contributed by atoms with Crippen LogP contribution >= 0.6 is 0 Å². The first kappa shape index (κ1) is 20.7. The second-order valence-electron chi connectivity index (χ2n) is 6.16. The van der Waals surface area contributed by atoms with Crippen molar-refractivity contribution in [1.29, 1.82) is 0 Å². The SMILES string of the molecule is CS(=O)(=O)N1CCC(C(=O)NCC#CCOc2ccccc2C(N)=O)CC1. The van der Waals surface area contributed by atoms with E-state index in [1.807, 2.05) is 0 Å². The zero-order valence-corrected chi connectivity index (χ0v) is 15.9. The first-order chi connectivity index (χ1) is 12.8. The van der Waals surface area contributed by atoms with Gasteiger partial charge in [0.15, 0.2) is 0 Å². The monoisotopic (exact) mass is 393 g/mol. The fraction of sp³-hybridized carbons (Fsp3) is 0.444. The molecular weight excluding hydrogens is 370 g/mol. The third-order valence-electron chi connectivity index (χ3n) is 4.22. The summed E-state index contributed by atoms with van der Waals surface area (Å²) in [5.41, 5.74) is 5.55. The Morgan fingerprint density at radius 3 is 2.56 bits per heavy atom. The Balaban J connectivity index is 1.72. The molecule has 3 N–H and O–H groups in total. The molecule has 0 radical (unpaired) electrons. The molecule has 0 spiro atoms. The van der Waals surface area contributed by atoms with E-state index in [9.17, 15) is 18.0 Å². The molecule has 0 aliphatic carbocycles. The lowest BCUT2D eigenvalue weighted by Crippen LogP contribution is -2.42. The number of rotatable bonds is 6. The van der Waals surface area contributed by atoms with Crippen molar-refractivity contribution in [2.45, 2.75) is 12.8 Å². The smallest absolute Gasteiger partial charge is 0.252 e. The van der Waals surface area contributed by atoms with Crippen molar-refractivity contribution in [2.24, 2.45) is 11.7 Å². The third-order valence-corrected chi connectivity index (χ3v) is 5.53. The van der Waals surface area contributed by atoms with Crippen LogP contribution in [-0.2, 0) is 14.8 Å². The number of nitrogens with two attached hydrogens (primary N) is 1. The molecule has 8 nitrogen and oxygen atoms in total. The van der Waals surface area contributed by atoms with E-state index in [1.165, 1.54) is 10.6 Å². The van der Waals surface area contributed by atoms with Crippen LogP contribution in [0.15, 0.2) is 24.3 Å². The summed E-state index contributed by atoms with van der Waals surface area (Å²) in [6.45, 7) is 0.949. The molecule has 1 aromatic rings. The molecule has 0 bridgehead atoms. The van der Waals surface area contributed by atoms with Gasteiger partial charge in [0.05, 0.1) is 18.4 Å². The number of hydrogen-bond acceptors (Lipinski definition) is 5. The van der Waals surface area contributed by atoms with Gasteiger partial charge in [-0.1, -0.05) is 24.0 Å². The summed E-state index contributed by atoms with van der Waals surface area (Å²) in [6, 6.07) is 6.62. The van der Waals surface area contributed by atoms with E-state index in [2.05, 4.69) is 17.2 Å². The lowest BCUT2D eigenvalue weighted by molar-refractivity contribution is -0.125. The van der Waals surface area contributed by atoms with Gasteiger partial charge in [-0.25, -0.2) is 12.7 Å². The molecule has 1 aromatic carbocycles. The maximum Gasteiger partial charge on any atom is 0.252 e. The normalized spacial score (nSPS) is 15.4. The number of benzene rings is 1. The van der Waals surface area contributed by atoms with Crippen LogP contribution < -0.4 is 15.8 Å². The standard InChI is InChI=1S/C18H23N3O5S/c1-27(24,25)21-11-8-14(9-12-21)18(23)20-10-4-5-13-26-16-7-3-2-6-15(16)17(19)22/h2-3,6-7,14H,8-13H2,1H3,(H2,19,22)(H,20,23). The number of carbonyl (C=O) groups excluding carboxylic acids is 2. The van der Waals surface area contributed by atoms with E-state index in [-0.39, 0.29) is 30.5 Å². The predicted molar refractivity (Wildman–Crippen MR) is 100 cm³/mol. The highest BCUT2D eigenvalue weighted by Gasteiger charge is 2.28. The van der Waals surface area contributed by atoms with Crippen LogP contribution in [0.5, 0.6) is 5.75 Å². The van der Waals surface area contributed by atoms with Crippen molar-refractivity contribution in [1.82, 2.24) is 9.62 Å². The van der Waals surface area contributed by atoms with Gasteiger partial charge in [-0.15, -0.1) is 0 Å². The average Bonchev–Trinajstić information content (AvgIpc) is 2.64. The van der Waals surface area contributed by atoms with Crippen LogP contribution in [0.25, 0.3) is 0 Å². The van der Waals surface area contributed by atoms with Gasteiger partial charge in [0.2, 0.25) is 15.9 Å². The van der Waals surface area contributed by atoms with Gasteiger partial charge in [0.1, 0.15) is 12.4 Å². The Labute approximate surface area is 159 Å². The summed E-state index contributed by atoms with van der Waals surface area (Å²) in [6.07, 6.45) is 2.17. The lowest BCUT2D eigenvalue weighted by Gasteiger charge is -2.29. The highest BCUT2D eigenvalue weighted by molar-refractivity contribution is 7.88. The summed E-state index contributed by atoms with van der Waals surface area (Å²) in [4.78, 5) is 23.4. The van der Waals surface area contributed by atoms with Crippen LogP contribution in [0.1, 0.15) is 23.2 Å². The zero-order chi connectivity index (χ0) is 19.9.